The van der Waals surface area contributed by atoms with Crippen molar-refractivity contribution in [2.45, 2.75) is 63.8 Å². The van der Waals surface area contributed by atoms with E-state index in [1.54, 1.807) is 0 Å². The zero-order chi connectivity index (χ0) is 12.3. The lowest BCUT2D eigenvalue weighted by molar-refractivity contribution is -0.162. The third-order valence-corrected chi connectivity index (χ3v) is 2.96. The van der Waals surface area contributed by atoms with Crippen LogP contribution in [0.5, 0.6) is 0 Å². The van der Waals surface area contributed by atoms with Crippen LogP contribution in [0.1, 0.15) is 51.4 Å². The summed E-state index contributed by atoms with van der Waals surface area (Å²) in [4.78, 5) is 0. The van der Waals surface area contributed by atoms with Crippen molar-refractivity contribution in [3.63, 3.8) is 0 Å². The Kier molecular flexibility index (Phi) is 7.98. The minimum absolute atomic E-state index is 0.0177. The van der Waals surface area contributed by atoms with Gasteiger partial charge in [-0.15, -0.1) is 0 Å². The van der Waals surface area contributed by atoms with Gasteiger partial charge in [-0.25, -0.2) is 0 Å². The number of ether oxygens (including phenoxy) is 2. The molecule has 0 aromatic rings. The molecule has 17 heavy (non-hydrogen) atoms. The number of rotatable bonds is 8. The maximum Gasteiger partial charge on any atom is 0.157 e. The van der Waals surface area contributed by atoms with E-state index >= 15 is 0 Å². The Morgan fingerprint density at radius 3 is 2.82 bits per heavy atom. The molecule has 1 N–H and O–H groups in total. The maximum atomic E-state index is 9.03. The number of nitrogens with zero attached hydrogens (tertiary/aromatic N) is 1. The molecular formula is C13H23NO3. The molecule has 4 heteroatoms. The molecule has 4 nitrogen and oxygen atoms in total. The van der Waals surface area contributed by atoms with Crippen molar-refractivity contribution in [1.29, 1.82) is 5.26 Å². The highest BCUT2D eigenvalue weighted by Gasteiger charge is 2.13. The molecule has 98 valence electrons. The summed E-state index contributed by atoms with van der Waals surface area (Å²) in [6.45, 7) is 1.59. The average molecular weight is 241 g/mol. The van der Waals surface area contributed by atoms with Crippen molar-refractivity contribution in [3.05, 3.63) is 0 Å². The van der Waals surface area contributed by atoms with E-state index in [2.05, 4.69) is 0 Å². The van der Waals surface area contributed by atoms with Crippen LogP contribution in [0, 0.1) is 11.3 Å². The molecule has 2 unspecified atom stereocenters. The lowest BCUT2D eigenvalue weighted by Gasteiger charge is -2.22. The second kappa shape index (κ2) is 9.41. The van der Waals surface area contributed by atoms with Crippen LogP contribution in [0.4, 0.5) is 0 Å². The molecule has 1 aliphatic heterocycles. The highest BCUT2D eigenvalue weighted by atomic mass is 16.7. The van der Waals surface area contributed by atoms with Crippen LogP contribution in [-0.2, 0) is 9.47 Å². The number of hydrogen-bond donors (Lipinski definition) is 1. The number of hydrogen-bond acceptors (Lipinski definition) is 4. The summed E-state index contributed by atoms with van der Waals surface area (Å²) in [6.07, 6.45) is 7.27. The van der Waals surface area contributed by atoms with Gasteiger partial charge in [0.05, 0.1) is 6.07 Å². The third-order valence-electron chi connectivity index (χ3n) is 2.96. The topological polar surface area (TPSA) is 62.5 Å². The predicted molar refractivity (Wildman–Crippen MR) is 64.2 cm³/mol. The van der Waals surface area contributed by atoms with Gasteiger partial charge in [-0.05, 0) is 38.5 Å². The summed E-state index contributed by atoms with van der Waals surface area (Å²) < 4.78 is 11.1. The van der Waals surface area contributed by atoms with Gasteiger partial charge in [-0.1, -0.05) is 12.8 Å². The summed E-state index contributed by atoms with van der Waals surface area (Å²) in [5.41, 5.74) is 0. The van der Waals surface area contributed by atoms with Gasteiger partial charge >= 0.3 is 0 Å². The monoisotopic (exact) mass is 241 g/mol. The minimum atomic E-state index is -0.790. The highest BCUT2D eigenvalue weighted by molar-refractivity contribution is 4.81. The van der Waals surface area contributed by atoms with Gasteiger partial charge in [-0.3, -0.25) is 0 Å². The van der Waals surface area contributed by atoms with Crippen molar-refractivity contribution in [2.24, 2.45) is 0 Å². The van der Waals surface area contributed by atoms with Crippen molar-refractivity contribution in [2.75, 3.05) is 13.2 Å². The van der Waals surface area contributed by atoms with E-state index in [1.807, 2.05) is 6.07 Å². The number of nitriles is 1. The van der Waals surface area contributed by atoms with Crippen molar-refractivity contribution in [3.8, 4) is 6.07 Å². The molecule has 1 rings (SSSR count). The molecule has 0 aliphatic carbocycles. The molecule has 0 spiro atoms. The van der Waals surface area contributed by atoms with E-state index in [9.17, 15) is 0 Å². The van der Waals surface area contributed by atoms with Gasteiger partial charge in [0.2, 0.25) is 0 Å². The first-order chi connectivity index (χ1) is 8.33. The molecule has 0 radical (unpaired) electrons. The number of aliphatic hydroxyl groups is 1. The Bertz CT molecular complexity index is 221. The second-order valence-corrected chi connectivity index (χ2v) is 4.51. The van der Waals surface area contributed by atoms with Crippen LogP contribution in [0.25, 0.3) is 0 Å². The Morgan fingerprint density at radius 2 is 2.12 bits per heavy atom. The summed E-state index contributed by atoms with van der Waals surface area (Å²) in [5, 5.41) is 17.4. The second-order valence-electron chi connectivity index (χ2n) is 4.51. The van der Waals surface area contributed by atoms with Crippen LogP contribution in [0.15, 0.2) is 0 Å². The smallest absolute Gasteiger partial charge is 0.157 e. The minimum Gasteiger partial charge on any atom is -0.378 e. The van der Waals surface area contributed by atoms with E-state index in [4.69, 9.17) is 19.8 Å². The van der Waals surface area contributed by atoms with Crippen LogP contribution in [0.3, 0.4) is 0 Å². The number of aliphatic hydroxyl groups excluding tert-OH is 1. The van der Waals surface area contributed by atoms with Gasteiger partial charge < -0.3 is 14.6 Å². The van der Waals surface area contributed by atoms with Gasteiger partial charge in [0.1, 0.15) is 6.10 Å². The Morgan fingerprint density at radius 1 is 1.29 bits per heavy atom. The molecular weight excluding hydrogens is 218 g/mol. The fourth-order valence-electron chi connectivity index (χ4n) is 1.92. The quantitative estimate of drug-likeness (QED) is 0.523. The highest BCUT2D eigenvalue weighted by Crippen LogP contribution is 2.14. The molecule has 1 heterocycles. The van der Waals surface area contributed by atoms with Gasteiger partial charge in [0.15, 0.2) is 6.29 Å². The largest absolute Gasteiger partial charge is 0.378 e. The Hall–Kier alpha value is -0.630. The van der Waals surface area contributed by atoms with E-state index in [-0.39, 0.29) is 6.29 Å². The van der Waals surface area contributed by atoms with Crippen LogP contribution in [-0.4, -0.2) is 30.7 Å². The molecule has 0 aromatic heterocycles. The first-order valence-corrected chi connectivity index (χ1v) is 6.64. The summed E-state index contributed by atoms with van der Waals surface area (Å²) in [7, 11) is 0. The van der Waals surface area contributed by atoms with E-state index < -0.39 is 6.10 Å². The average Bonchev–Trinajstić information content (AvgIpc) is 2.38. The van der Waals surface area contributed by atoms with Crippen molar-refractivity contribution in [1.82, 2.24) is 0 Å². The summed E-state index contributed by atoms with van der Waals surface area (Å²) in [6, 6.07) is 1.82. The first kappa shape index (κ1) is 14.4. The number of unbranched alkanes of at least 4 members (excludes halogenated alkanes) is 3. The fraction of sp³-hybridized carbons (Fsp3) is 0.923. The van der Waals surface area contributed by atoms with Crippen LogP contribution in [0.2, 0.25) is 0 Å². The lowest BCUT2D eigenvalue weighted by atomic mass is 10.1. The fourth-order valence-corrected chi connectivity index (χ4v) is 1.92. The molecule has 1 aliphatic rings. The van der Waals surface area contributed by atoms with Gasteiger partial charge in [0.25, 0.3) is 0 Å². The maximum absolute atomic E-state index is 9.03. The first-order valence-electron chi connectivity index (χ1n) is 6.64. The molecule has 0 saturated carbocycles. The van der Waals surface area contributed by atoms with Crippen LogP contribution >= 0.6 is 0 Å². The van der Waals surface area contributed by atoms with Crippen molar-refractivity contribution < 1.29 is 14.6 Å². The normalized spacial score (nSPS) is 22.0. The third kappa shape index (κ3) is 7.32. The summed E-state index contributed by atoms with van der Waals surface area (Å²) in [5.74, 6) is 0. The zero-order valence-electron chi connectivity index (χ0n) is 10.4. The Balaban J connectivity index is 1.82. The molecule has 1 saturated heterocycles. The van der Waals surface area contributed by atoms with Gasteiger partial charge in [0, 0.05) is 13.2 Å². The van der Waals surface area contributed by atoms with E-state index in [0.29, 0.717) is 6.42 Å². The standard InChI is InChI=1S/C13H23NO3/c14-11-12(15)7-3-1-2-5-9-16-13-8-4-6-10-17-13/h12-13,15H,1-10H2. The molecule has 1 fully saturated rings. The zero-order valence-corrected chi connectivity index (χ0v) is 10.4. The Labute approximate surface area is 104 Å². The van der Waals surface area contributed by atoms with Crippen LogP contribution < -0.4 is 0 Å². The SMILES string of the molecule is N#CC(O)CCCCCCOC1CCCCO1. The molecule has 0 bridgehead atoms. The molecule has 0 aromatic carbocycles. The van der Waals surface area contributed by atoms with Gasteiger partial charge in [-0.2, -0.15) is 5.26 Å². The predicted octanol–water partition coefficient (Wildman–Crippen LogP) is 2.36. The van der Waals surface area contributed by atoms with Crippen molar-refractivity contribution >= 4 is 0 Å². The molecule has 2 atom stereocenters. The lowest BCUT2D eigenvalue weighted by Crippen LogP contribution is -2.22. The molecule has 0 amide bonds. The van der Waals surface area contributed by atoms with E-state index in [0.717, 1.165) is 51.7 Å². The van der Waals surface area contributed by atoms with E-state index in [1.165, 1.54) is 6.42 Å². The summed E-state index contributed by atoms with van der Waals surface area (Å²) >= 11 is 0.